The number of ether oxygens (including phenoxy) is 3. The van der Waals surface area contributed by atoms with Gasteiger partial charge in [-0.15, -0.1) is 6.58 Å². The van der Waals surface area contributed by atoms with Crippen LogP contribution < -0.4 is 20.1 Å². The molecule has 2 aromatic rings. The number of amides is 2. The molecule has 1 heterocycles. The Morgan fingerprint density at radius 1 is 1.07 bits per heavy atom. The molecule has 1 saturated carbocycles. The van der Waals surface area contributed by atoms with E-state index < -0.39 is 39.5 Å². The highest BCUT2D eigenvalue weighted by atomic mass is 32.2. The molecule has 0 spiro atoms. The normalized spacial score (nSPS) is 24.5. The van der Waals surface area contributed by atoms with Crippen LogP contribution in [0.4, 0.5) is 10.5 Å². The maximum Gasteiger partial charge on any atom is 0.412 e. The van der Waals surface area contributed by atoms with Crippen LogP contribution >= 0.6 is 0 Å². The molecule has 14 nitrogen and oxygen atoms in total. The highest BCUT2D eigenvalue weighted by molar-refractivity contribution is 7.89. The minimum Gasteiger partial charge on any atom is -0.460 e. The van der Waals surface area contributed by atoms with E-state index in [0.717, 1.165) is 30.4 Å². The second-order valence-corrected chi connectivity index (χ2v) is 18.1. The third kappa shape index (κ3) is 9.94. The summed E-state index contributed by atoms with van der Waals surface area (Å²) in [6.07, 6.45) is 7.43. The number of fused-ring (bicyclic) bond motifs is 2. The van der Waals surface area contributed by atoms with Crippen LogP contribution in [0.15, 0.2) is 76.8 Å². The number of nitrogens with one attached hydrogen (secondary N) is 2. The highest BCUT2D eigenvalue weighted by Gasteiger charge is 2.65. The quantitative estimate of drug-likeness (QED) is 0.0735. The van der Waals surface area contributed by atoms with Crippen molar-refractivity contribution in [2.45, 2.75) is 108 Å². The van der Waals surface area contributed by atoms with Crippen molar-refractivity contribution in [2.75, 3.05) is 38.7 Å². The fourth-order valence-corrected chi connectivity index (χ4v) is 9.86. The van der Waals surface area contributed by atoms with Crippen LogP contribution in [0.1, 0.15) is 91.0 Å². The number of benzene rings is 2. The van der Waals surface area contributed by atoms with Crippen molar-refractivity contribution in [2.24, 2.45) is 22.9 Å². The Morgan fingerprint density at radius 2 is 1.76 bits per heavy atom. The number of anilines is 1. The third-order valence-corrected chi connectivity index (χ3v) is 12.8. The lowest BCUT2D eigenvalue weighted by molar-refractivity contribution is -0.250. The molecule has 0 bridgehead atoms. The molecule has 2 aliphatic carbocycles. The van der Waals surface area contributed by atoms with E-state index in [-0.39, 0.29) is 54.8 Å². The molecule has 6 atom stereocenters. The molecule has 58 heavy (non-hydrogen) atoms. The van der Waals surface area contributed by atoms with Gasteiger partial charge in [0.2, 0.25) is 21.7 Å². The van der Waals surface area contributed by atoms with E-state index in [2.05, 4.69) is 23.3 Å². The van der Waals surface area contributed by atoms with Crippen molar-refractivity contribution in [3.63, 3.8) is 0 Å². The van der Waals surface area contributed by atoms with Gasteiger partial charge in [0, 0.05) is 57.3 Å². The fraction of sp³-hybridized carbons (Fsp3) is 0.558. The van der Waals surface area contributed by atoms with Crippen LogP contribution in [-0.4, -0.2) is 91.5 Å². The van der Waals surface area contributed by atoms with Crippen molar-refractivity contribution in [3.8, 4) is 11.5 Å². The number of carbonyl (C=O) groups is 2. The number of sulfonamides is 1. The number of aliphatic hydroxyl groups excluding tert-OH is 2. The summed E-state index contributed by atoms with van der Waals surface area (Å²) in [7, 11) is -2.74. The predicted octanol–water partition coefficient (Wildman–Crippen LogP) is 6.51. The van der Waals surface area contributed by atoms with Gasteiger partial charge in [0.05, 0.1) is 29.2 Å². The van der Waals surface area contributed by atoms with Crippen LogP contribution in [0.3, 0.4) is 0 Å². The molecular formula is C43H60N4O10S. The zero-order valence-electron chi connectivity index (χ0n) is 34.5. The molecule has 4 N–H and O–H groups in total. The van der Waals surface area contributed by atoms with E-state index in [9.17, 15) is 28.2 Å². The van der Waals surface area contributed by atoms with E-state index in [1.54, 1.807) is 25.1 Å². The standard InChI is InChI=1S/C43H60N4O10S/c1-8-24-54-43-38(47(7)58(52,53)32-19-16-30(17-20-32)45-28(3)50)27-36(46-57-42(4,5)6)34-25-29(14-10-12-22-48)33(15-11-13-23-49)39(40(34)43)35-26-31(18-21-37(35)56-43)55-41(51)44-9-2/h8,16-21,25-26,29,33,38-40,48-49H,1,9-15,22-24,27H2,2-7H3,(H,44,51)(H,45,50)/t29-,33+,38-,39+,40+,43+/m0/s1. The Kier molecular flexibility index (Phi) is 14.8. The summed E-state index contributed by atoms with van der Waals surface area (Å²) in [4.78, 5) is 30.5. The number of unbranched alkanes of at least 4 members (excludes halogenated alkanes) is 2. The topological polar surface area (TPSA) is 185 Å². The molecule has 0 radical (unpaired) electrons. The number of rotatable bonds is 18. The summed E-state index contributed by atoms with van der Waals surface area (Å²) >= 11 is 0. The number of allylic oxidation sites excluding steroid dienone is 1. The number of hydrogen-bond acceptors (Lipinski definition) is 11. The number of oxime groups is 1. The molecule has 1 aliphatic heterocycles. The number of aliphatic hydroxyl groups is 2. The molecule has 15 heteroatoms. The maximum absolute atomic E-state index is 14.7. The van der Waals surface area contributed by atoms with Gasteiger partial charge in [-0.3, -0.25) is 4.79 Å². The lowest BCUT2D eigenvalue weighted by atomic mass is 9.55. The Labute approximate surface area is 342 Å². The molecule has 0 unspecified atom stereocenters. The Morgan fingerprint density at radius 3 is 2.38 bits per heavy atom. The first-order valence-corrected chi connectivity index (χ1v) is 21.6. The van der Waals surface area contributed by atoms with Crippen molar-refractivity contribution < 1.29 is 47.3 Å². The predicted molar refractivity (Wildman–Crippen MR) is 221 cm³/mol. The Hall–Kier alpha value is -4.28. The Balaban J connectivity index is 1.78. The van der Waals surface area contributed by atoms with E-state index in [1.165, 1.54) is 42.5 Å². The first-order chi connectivity index (χ1) is 27.6. The van der Waals surface area contributed by atoms with Crippen molar-refractivity contribution in [1.29, 1.82) is 0 Å². The lowest BCUT2D eigenvalue weighted by Crippen LogP contribution is -2.69. The molecule has 1 fully saturated rings. The zero-order valence-corrected chi connectivity index (χ0v) is 35.3. The average molecular weight is 825 g/mol. The summed E-state index contributed by atoms with van der Waals surface area (Å²) < 4.78 is 50.5. The minimum absolute atomic E-state index is 0.00289. The van der Waals surface area contributed by atoms with Gasteiger partial charge in [-0.1, -0.05) is 30.1 Å². The number of hydrogen-bond donors (Lipinski definition) is 4. The molecular weight excluding hydrogens is 765 g/mol. The van der Waals surface area contributed by atoms with E-state index in [4.69, 9.17) is 24.2 Å². The SMILES string of the molecule is C=CCO[C@@]12Oc3ccc(OC(=O)NCC)cc3[C@H]3[C@H](CCCCO)[C@@H](CCCCO)C=C(C(=NOC(C)(C)C)C[C@@H]1N(C)S(=O)(=O)c1ccc(NC(C)=O)cc1)[C@H]32. The average Bonchev–Trinajstić information content (AvgIpc) is 3.17. The second kappa shape index (κ2) is 19.2. The van der Waals surface area contributed by atoms with Crippen molar-refractivity contribution in [3.05, 3.63) is 72.3 Å². The summed E-state index contributed by atoms with van der Waals surface area (Å²) in [6, 6.07) is 10.2. The van der Waals surface area contributed by atoms with Gasteiger partial charge >= 0.3 is 6.09 Å². The minimum atomic E-state index is -4.24. The Bertz CT molecular complexity index is 1940. The summed E-state index contributed by atoms with van der Waals surface area (Å²) in [6.45, 7) is 13.3. The second-order valence-electron chi connectivity index (χ2n) is 16.1. The summed E-state index contributed by atoms with van der Waals surface area (Å²) in [5.74, 6) is -2.24. The molecule has 2 amide bonds. The molecule has 3 aliphatic rings. The van der Waals surface area contributed by atoms with E-state index in [0.29, 0.717) is 48.7 Å². The largest absolute Gasteiger partial charge is 0.460 e. The van der Waals surface area contributed by atoms with Gasteiger partial charge in [0.1, 0.15) is 17.1 Å². The van der Waals surface area contributed by atoms with Crippen LogP contribution in [0.2, 0.25) is 0 Å². The van der Waals surface area contributed by atoms with Gasteiger partial charge in [-0.2, -0.15) is 4.31 Å². The number of likely N-dealkylation sites (N-methyl/N-ethyl adjacent to an activating group) is 1. The summed E-state index contributed by atoms with van der Waals surface area (Å²) in [5.41, 5.74) is 1.92. The van der Waals surface area contributed by atoms with Gasteiger partial charge in [-0.25, -0.2) is 13.2 Å². The monoisotopic (exact) mass is 824 g/mol. The molecule has 0 aromatic heterocycles. The number of carbonyl (C=O) groups excluding carboxylic acids is 2. The summed E-state index contributed by atoms with van der Waals surface area (Å²) in [5, 5.41) is 29.8. The number of nitrogens with zero attached hydrogens (tertiary/aromatic N) is 2. The molecule has 5 rings (SSSR count). The van der Waals surface area contributed by atoms with Crippen LogP contribution in [0, 0.1) is 17.8 Å². The van der Waals surface area contributed by atoms with Gasteiger partial charge in [0.25, 0.3) is 0 Å². The van der Waals surface area contributed by atoms with Gasteiger partial charge in [-0.05, 0) is 113 Å². The first-order valence-electron chi connectivity index (χ1n) is 20.2. The molecule has 0 saturated heterocycles. The zero-order chi connectivity index (χ0) is 42.3. The van der Waals surface area contributed by atoms with Gasteiger partial charge in [0.15, 0.2) is 0 Å². The third-order valence-electron chi connectivity index (χ3n) is 10.9. The van der Waals surface area contributed by atoms with Crippen LogP contribution in [-0.2, 0) is 24.4 Å². The van der Waals surface area contributed by atoms with Crippen molar-refractivity contribution in [1.82, 2.24) is 9.62 Å². The lowest BCUT2D eigenvalue weighted by Gasteiger charge is -2.59. The smallest absolute Gasteiger partial charge is 0.412 e. The van der Waals surface area contributed by atoms with E-state index in [1.807, 2.05) is 26.8 Å². The van der Waals surface area contributed by atoms with E-state index >= 15 is 0 Å². The van der Waals surface area contributed by atoms with Crippen LogP contribution in [0.25, 0.3) is 0 Å². The first kappa shape index (κ1) is 44.8. The van der Waals surface area contributed by atoms with Crippen molar-refractivity contribution >= 4 is 33.4 Å². The van der Waals surface area contributed by atoms with Gasteiger partial charge < -0.3 is 39.9 Å². The molecule has 318 valence electrons. The molecule has 2 aromatic carbocycles. The maximum atomic E-state index is 14.7. The highest BCUT2D eigenvalue weighted by Crippen LogP contribution is 2.62. The fourth-order valence-electron chi connectivity index (χ4n) is 8.49. The van der Waals surface area contributed by atoms with Crippen LogP contribution in [0.5, 0.6) is 11.5 Å².